The summed E-state index contributed by atoms with van der Waals surface area (Å²) in [7, 11) is 0. The number of ether oxygens (including phenoxy) is 6. The number of hydrogen-bond acceptors (Lipinski definition) is 12. The van der Waals surface area contributed by atoms with Crippen LogP contribution in [0.1, 0.15) is 96.9 Å². The fraction of sp³-hybridized carbons (Fsp3) is 0.800. The predicted molar refractivity (Wildman–Crippen MR) is 148 cm³/mol. The normalized spacial score (nSPS) is 25.0. The molecule has 240 valence electrons. The summed E-state index contributed by atoms with van der Waals surface area (Å²) in [5, 5.41) is 0. The van der Waals surface area contributed by atoms with Crippen LogP contribution in [0, 0.1) is 21.7 Å². The Morgan fingerprint density at radius 1 is 0.333 bits per heavy atom. The zero-order valence-corrected chi connectivity index (χ0v) is 27.4. The van der Waals surface area contributed by atoms with Crippen molar-refractivity contribution in [2.45, 2.75) is 134 Å². The van der Waals surface area contributed by atoms with E-state index in [9.17, 15) is 28.8 Å². The van der Waals surface area contributed by atoms with Crippen molar-refractivity contribution in [3.05, 3.63) is 0 Å². The average molecular weight is 601 g/mol. The molecule has 0 saturated heterocycles. The van der Waals surface area contributed by atoms with Crippen molar-refractivity contribution in [1.82, 2.24) is 0 Å². The summed E-state index contributed by atoms with van der Waals surface area (Å²) in [6.07, 6.45) is -9.83. The minimum atomic E-state index is -1.64. The van der Waals surface area contributed by atoms with Gasteiger partial charge in [-0.05, 0) is 83.1 Å². The summed E-state index contributed by atoms with van der Waals surface area (Å²) in [5.41, 5.74) is -4.32. The lowest BCUT2D eigenvalue weighted by molar-refractivity contribution is -0.266. The Morgan fingerprint density at radius 2 is 0.476 bits per heavy atom. The van der Waals surface area contributed by atoms with Gasteiger partial charge in [0.25, 0.3) is 0 Å². The van der Waals surface area contributed by atoms with Gasteiger partial charge in [-0.3, -0.25) is 28.8 Å². The molecule has 0 aliphatic heterocycles. The molecule has 1 aliphatic rings. The minimum absolute atomic E-state index is 0.783. The fourth-order valence-corrected chi connectivity index (χ4v) is 3.51. The van der Waals surface area contributed by atoms with Gasteiger partial charge < -0.3 is 28.4 Å². The van der Waals surface area contributed by atoms with Gasteiger partial charge in [-0.1, -0.05) is 0 Å². The molecule has 1 rings (SSSR count). The second-order valence-electron chi connectivity index (χ2n) is 14.6. The maximum atomic E-state index is 13.2. The number of carbonyl (C=O) groups excluding carboxylic acids is 6. The highest BCUT2D eigenvalue weighted by Gasteiger charge is 2.62. The Morgan fingerprint density at radius 3 is 0.595 bits per heavy atom. The molecule has 12 nitrogen and oxygen atoms in total. The lowest BCUT2D eigenvalue weighted by atomic mass is 9.82. The molecule has 0 heterocycles. The van der Waals surface area contributed by atoms with Gasteiger partial charge in [-0.25, -0.2) is 0 Å². The molecule has 0 radical (unpaired) electrons. The van der Waals surface area contributed by atoms with Crippen molar-refractivity contribution in [1.29, 1.82) is 0 Å². The second-order valence-corrected chi connectivity index (χ2v) is 14.6. The first-order valence-electron chi connectivity index (χ1n) is 13.9. The molecule has 0 aromatic rings. The van der Waals surface area contributed by atoms with E-state index >= 15 is 0 Å². The van der Waals surface area contributed by atoms with Crippen LogP contribution in [0.5, 0.6) is 0 Å². The van der Waals surface area contributed by atoms with Gasteiger partial charge in [0.2, 0.25) is 0 Å². The molecule has 6 atom stereocenters. The van der Waals surface area contributed by atoms with Gasteiger partial charge in [-0.15, -0.1) is 0 Å². The van der Waals surface area contributed by atoms with Crippen molar-refractivity contribution in [3.63, 3.8) is 0 Å². The van der Waals surface area contributed by atoms with Gasteiger partial charge >= 0.3 is 35.8 Å². The Labute approximate surface area is 248 Å². The zero-order valence-electron chi connectivity index (χ0n) is 27.4. The zero-order chi connectivity index (χ0) is 33.2. The van der Waals surface area contributed by atoms with Crippen LogP contribution in [0.4, 0.5) is 0 Å². The summed E-state index contributed by atoms with van der Waals surface area (Å²) in [5.74, 6) is -4.85. The van der Waals surface area contributed by atoms with E-state index in [2.05, 4.69) is 0 Å². The molecule has 0 N–H and O–H groups in total. The second kappa shape index (κ2) is 13.0. The van der Waals surface area contributed by atoms with Crippen molar-refractivity contribution >= 4 is 35.8 Å². The molecule has 0 aromatic carbocycles. The van der Waals surface area contributed by atoms with E-state index in [4.69, 9.17) is 28.4 Å². The van der Waals surface area contributed by atoms with E-state index in [1.165, 1.54) is 0 Å². The number of hydrogen-bond donors (Lipinski definition) is 0. The van der Waals surface area contributed by atoms with Crippen LogP contribution in [-0.4, -0.2) is 72.4 Å². The van der Waals surface area contributed by atoms with Crippen molar-refractivity contribution in [2.75, 3.05) is 0 Å². The van der Waals surface area contributed by atoms with Gasteiger partial charge in [0.15, 0.2) is 36.6 Å². The predicted octanol–water partition coefficient (Wildman–Crippen LogP) is 3.70. The van der Waals surface area contributed by atoms with E-state index in [0.717, 1.165) is 13.8 Å². The monoisotopic (exact) mass is 600 g/mol. The van der Waals surface area contributed by atoms with Crippen LogP contribution >= 0.6 is 0 Å². The molecule has 0 spiro atoms. The van der Waals surface area contributed by atoms with Crippen LogP contribution in [0.3, 0.4) is 0 Å². The molecule has 0 bridgehead atoms. The van der Waals surface area contributed by atoms with Gasteiger partial charge in [0.05, 0.1) is 21.7 Å². The van der Waals surface area contributed by atoms with E-state index in [1.807, 2.05) is 0 Å². The molecular formula is C30H48O12. The molecule has 12 heteroatoms. The number of esters is 6. The summed E-state index contributed by atoms with van der Waals surface area (Å²) in [6, 6.07) is 0. The first-order chi connectivity index (χ1) is 18.7. The summed E-state index contributed by atoms with van der Waals surface area (Å²) >= 11 is 0. The Balaban J connectivity index is 4.08. The number of rotatable bonds is 6. The van der Waals surface area contributed by atoms with Crippen molar-refractivity contribution in [3.8, 4) is 0 Å². The van der Waals surface area contributed by atoms with Crippen molar-refractivity contribution in [2.24, 2.45) is 21.7 Å². The highest BCUT2D eigenvalue weighted by atomic mass is 16.7. The van der Waals surface area contributed by atoms with Gasteiger partial charge in [0.1, 0.15) is 0 Å². The minimum Gasteiger partial charge on any atom is -0.454 e. The molecule has 1 fully saturated rings. The topological polar surface area (TPSA) is 158 Å². The summed E-state index contributed by atoms with van der Waals surface area (Å²) < 4.78 is 34.4. The Bertz CT molecular complexity index is 896. The molecule has 1 aliphatic carbocycles. The highest BCUT2D eigenvalue weighted by Crippen LogP contribution is 2.38. The summed E-state index contributed by atoms with van der Waals surface area (Å²) in [6.45, 7) is 21.0. The largest absolute Gasteiger partial charge is 0.454 e. The Kier molecular flexibility index (Phi) is 11.4. The number of carbonyl (C=O) groups is 6. The molecule has 2 unspecified atom stereocenters. The van der Waals surface area contributed by atoms with E-state index in [1.54, 1.807) is 83.1 Å². The third kappa shape index (κ3) is 9.97. The van der Waals surface area contributed by atoms with Crippen LogP contribution < -0.4 is 0 Å². The highest BCUT2D eigenvalue weighted by molar-refractivity contribution is 5.78. The Hall–Kier alpha value is -3.18. The maximum absolute atomic E-state index is 13.2. The lowest BCUT2D eigenvalue weighted by Gasteiger charge is -2.48. The smallest absolute Gasteiger partial charge is 0.311 e. The maximum Gasteiger partial charge on any atom is 0.311 e. The van der Waals surface area contributed by atoms with Crippen LogP contribution in [-0.2, 0) is 57.2 Å². The van der Waals surface area contributed by atoms with Gasteiger partial charge in [-0.2, -0.15) is 0 Å². The molecule has 0 amide bonds. The lowest BCUT2D eigenvalue weighted by Crippen LogP contribution is -2.69. The molecule has 42 heavy (non-hydrogen) atoms. The summed E-state index contributed by atoms with van der Waals surface area (Å²) in [4.78, 5) is 77.6. The quantitative estimate of drug-likeness (QED) is 0.322. The standard InChI is InChI=1S/C30H48O12/c1-15(31)37-17-19(39-23(33)27(3,4)5)21(41-25(35)29(9,10)11)18(38-16(2)32)22(42-26(36)30(12,13)14)20(17)40-24(34)28(6,7)8/h17-22H,1-14H3/t17?,18?,19-,20-,21-,22+/m1/s1. The fourth-order valence-electron chi connectivity index (χ4n) is 3.51. The van der Waals surface area contributed by atoms with Gasteiger partial charge in [0, 0.05) is 13.8 Å². The third-order valence-electron chi connectivity index (χ3n) is 5.97. The first kappa shape index (κ1) is 36.8. The SMILES string of the molecule is CC(=O)OC1[C@@H](OC(=O)C(C)(C)C)[C@H](OC(=O)C(C)(C)C)C(OC(C)=O)[C@H](OC(=O)C(C)(C)C)[C@@H]1OC(=O)C(C)(C)C. The van der Waals surface area contributed by atoms with E-state index < -0.39 is 94.1 Å². The van der Waals surface area contributed by atoms with Crippen LogP contribution in [0.25, 0.3) is 0 Å². The third-order valence-corrected chi connectivity index (χ3v) is 5.97. The molecule has 0 aromatic heterocycles. The van der Waals surface area contributed by atoms with E-state index in [-0.39, 0.29) is 0 Å². The molecule has 1 saturated carbocycles. The first-order valence-corrected chi connectivity index (χ1v) is 13.9. The van der Waals surface area contributed by atoms with E-state index in [0.29, 0.717) is 0 Å². The van der Waals surface area contributed by atoms with Crippen LogP contribution in [0.15, 0.2) is 0 Å². The van der Waals surface area contributed by atoms with Crippen LogP contribution in [0.2, 0.25) is 0 Å². The van der Waals surface area contributed by atoms with Crippen molar-refractivity contribution < 1.29 is 57.2 Å². The molecular weight excluding hydrogens is 552 g/mol. The average Bonchev–Trinajstić information content (AvgIpc) is 2.76.